The standard InChI is InChI=1S/C24H18F3NO/c1-2-15-7-3-4-10-18(15)20-14-28-23-19(11-6-12-21(23)24(25,26)27)22(20)16-8-5-9-17(29)13-16/h3-14,29H,2H2,1H3. The van der Waals surface area contributed by atoms with Gasteiger partial charge in [0.1, 0.15) is 5.75 Å². The van der Waals surface area contributed by atoms with Crippen LogP contribution in [0.4, 0.5) is 13.2 Å². The molecule has 0 fully saturated rings. The number of benzene rings is 3. The molecule has 0 atom stereocenters. The molecular formula is C24H18F3NO. The molecule has 0 spiro atoms. The van der Waals surface area contributed by atoms with E-state index >= 15 is 0 Å². The molecule has 2 nitrogen and oxygen atoms in total. The topological polar surface area (TPSA) is 33.1 Å². The van der Waals surface area contributed by atoms with Gasteiger partial charge >= 0.3 is 6.18 Å². The van der Waals surface area contributed by atoms with Crippen LogP contribution < -0.4 is 0 Å². The van der Waals surface area contributed by atoms with Gasteiger partial charge in [-0.3, -0.25) is 4.98 Å². The lowest BCUT2D eigenvalue weighted by atomic mass is 9.89. The van der Waals surface area contributed by atoms with Crippen LogP contribution in [0.15, 0.2) is 72.9 Å². The van der Waals surface area contributed by atoms with E-state index in [1.807, 2.05) is 31.2 Å². The predicted octanol–water partition coefficient (Wildman–Crippen LogP) is 6.86. The van der Waals surface area contributed by atoms with Crippen molar-refractivity contribution in [3.05, 3.63) is 84.1 Å². The van der Waals surface area contributed by atoms with Crippen LogP contribution in [-0.2, 0) is 12.6 Å². The maximum atomic E-state index is 13.6. The third kappa shape index (κ3) is 3.44. The fourth-order valence-electron chi connectivity index (χ4n) is 3.72. The number of phenols is 1. The van der Waals surface area contributed by atoms with E-state index in [9.17, 15) is 18.3 Å². The minimum Gasteiger partial charge on any atom is -0.508 e. The highest BCUT2D eigenvalue weighted by Gasteiger charge is 2.33. The molecule has 0 aliphatic carbocycles. The van der Waals surface area contributed by atoms with Gasteiger partial charge < -0.3 is 5.11 Å². The highest BCUT2D eigenvalue weighted by atomic mass is 19.4. The van der Waals surface area contributed by atoms with Crippen molar-refractivity contribution in [3.8, 4) is 28.0 Å². The lowest BCUT2D eigenvalue weighted by Crippen LogP contribution is -2.07. The third-order valence-electron chi connectivity index (χ3n) is 5.03. The van der Waals surface area contributed by atoms with Crippen molar-refractivity contribution in [2.75, 3.05) is 0 Å². The molecular weight excluding hydrogens is 375 g/mol. The van der Waals surface area contributed by atoms with Crippen LogP contribution in [0.25, 0.3) is 33.2 Å². The molecule has 0 aliphatic rings. The summed E-state index contributed by atoms with van der Waals surface area (Å²) < 4.78 is 40.7. The summed E-state index contributed by atoms with van der Waals surface area (Å²) in [5, 5.41) is 10.4. The van der Waals surface area contributed by atoms with Crippen LogP contribution in [0.5, 0.6) is 5.75 Å². The molecule has 146 valence electrons. The first-order valence-electron chi connectivity index (χ1n) is 9.26. The van der Waals surface area contributed by atoms with Crippen molar-refractivity contribution in [1.29, 1.82) is 0 Å². The number of aromatic nitrogens is 1. The Kier molecular flexibility index (Phi) is 4.74. The van der Waals surface area contributed by atoms with Crippen LogP contribution >= 0.6 is 0 Å². The number of fused-ring (bicyclic) bond motifs is 1. The Bertz CT molecular complexity index is 1200. The van der Waals surface area contributed by atoms with E-state index in [0.29, 0.717) is 16.5 Å². The summed E-state index contributed by atoms with van der Waals surface area (Å²) in [6, 6.07) is 18.4. The van der Waals surface area contributed by atoms with Crippen molar-refractivity contribution >= 4 is 10.9 Å². The second-order valence-corrected chi connectivity index (χ2v) is 6.81. The molecule has 0 radical (unpaired) electrons. The van der Waals surface area contributed by atoms with Crippen molar-refractivity contribution in [2.45, 2.75) is 19.5 Å². The number of phenolic OH excluding ortho intramolecular Hbond substituents is 1. The van der Waals surface area contributed by atoms with E-state index in [0.717, 1.165) is 29.2 Å². The summed E-state index contributed by atoms with van der Waals surface area (Å²) in [6.45, 7) is 2.03. The largest absolute Gasteiger partial charge is 0.508 e. The molecule has 1 heterocycles. The molecule has 5 heteroatoms. The summed E-state index contributed by atoms with van der Waals surface area (Å²) in [4.78, 5) is 4.23. The second kappa shape index (κ2) is 7.24. The van der Waals surface area contributed by atoms with Crippen LogP contribution in [0.2, 0.25) is 0 Å². The van der Waals surface area contributed by atoms with Crippen molar-refractivity contribution in [3.63, 3.8) is 0 Å². The molecule has 0 amide bonds. The molecule has 3 aromatic carbocycles. The van der Waals surface area contributed by atoms with Gasteiger partial charge in [0, 0.05) is 22.7 Å². The molecule has 0 saturated carbocycles. The minimum atomic E-state index is -4.51. The molecule has 29 heavy (non-hydrogen) atoms. The van der Waals surface area contributed by atoms with Gasteiger partial charge in [0.2, 0.25) is 0 Å². The number of rotatable bonds is 3. The number of hydrogen-bond donors (Lipinski definition) is 1. The van der Waals surface area contributed by atoms with Gasteiger partial charge in [-0.15, -0.1) is 0 Å². The van der Waals surface area contributed by atoms with E-state index < -0.39 is 11.7 Å². The lowest BCUT2D eigenvalue weighted by molar-refractivity contribution is -0.136. The van der Waals surface area contributed by atoms with Gasteiger partial charge in [0.15, 0.2) is 0 Å². The molecule has 0 bridgehead atoms. The van der Waals surface area contributed by atoms with E-state index in [-0.39, 0.29) is 11.3 Å². The number of aromatic hydroxyl groups is 1. The van der Waals surface area contributed by atoms with Gasteiger partial charge in [0.25, 0.3) is 0 Å². The lowest BCUT2D eigenvalue weighted by Gasteiger charge is -2.18. The zero-order valence-electron chi connectivity index (χ0n) is 15.7. The molecule has 0 aliphatic heterocycles. The smallest absolute Gasteiger partial charge is 0.418 e. The minimum absolute atomic E-state index is 0.0502. The van der Waals surface area contributed by atoms with Gasteiger partial charge in [-0.1, -0.05) is 55.5 Å². The first-order valence-corrected chi connectivity index (χ1v) is 9.26. The number of para-hydroxylation sites is 1. The van der Waals surface area contributed by atoms with Crippen LogP contribution in [0.3, 0.4) is 0 Å². The van der Waals surface area contributed by atoms with E-state index in [4.69, 9.17) is 0 Å². The summed E-state index contributed by atoms with van der Waals surface area (Å²) in [7, 11) is 0. The fourth-order valence-corrected chi connectivity index (χ4v) is 3.72. The Labute approximate surface area is 166 Å². The van der Waals surface area contributed by atoms with Crippen LogP contribution in [0, 0.1) is 0 Å². The van der Waals surface area contributed by atoms with Gasteiger partial charge in [-0.2, -0.15) is 13.2 Å². The SMILES string of the molecule is CCc1ccccc1-c1cnc2c(C(F)(F)F)cccc2c1-c1cccc(O)c1. The number of hydrogen-bond acceptors (Lipinski definition) is 2. The third-order valence-corrected chi connectivity index (χ3v) is 5.03. The van der Waals surface area contributed by atoms with Gasteiger partial charge in [0.05, 0.1) is 11.1 Å². The number of nitrogens with zero attached hydrogens (tertiary/aromatic N) is 1. The highest BCUT2D eigenvalue weighted by Crippen LogP contribution is 2.42. The number of alkyl halides is 3. The summed E-state index contributed by atoms with van der Waals surface area (Å²) in [6.07, 6.45) is -2.23. The second-order valence-electron chi connectivity index (χ2n) is 6.81. The Morgan fingerprint density at radius 1 is 0.897 bits per heavy atom. The molecule has 4 aromatic rings. The zero-order chi connectivity index (χ0) is 20.6. The Morgan fingerprint density at radius 2 is 1.66 bits per heavy atom. The van der Waals surface area contributed by atoms with Crippen molar-refractivity contribution < 1.29 is 18.3 Å². The van der Waals surface area contributed by atoms with Crippen LogP contribution in [-0.4, -0.2) is 10.1 Å². The zero-order valence-corrected chi connectivity index (χ0v) is 15.7. The van der Waals surface area contributed by atoms with Gasteiger partial charge in [-0.25, -0.2) is 0 Å². The molecule has 1 N–H and O–H groups in total. The van der Waals surface area contributed by atoms with E-state index in [2.05, 4.69) is 4.98 Å². The number of aryl methyl sites for hydroxylation is 1. The van der Waals surface area contributed by atoms with Crippen molar-refractivity contribution in [1.82, 2.24) is 4.98 Å². The molecule has 1 aromatic heterocycles. The summed E-state index contributed by atoms with van der Waals surface area (Å²) in [5.74, 6) is 0.0502. The monoisotopic (exact) mass is 393 g/mol. The Morgan fingerprint density at radius 3 is 2.38 bits per heavy atom. The van der Waals surface area contributed by atoms with Crippen molar-refractivity contribution in [2.24, 2.45) is 0 Å². The average Bonchev–Trinajstić information content (AvgIpc) is 2.71. The Balaban J connectivity index is 2.14. The number of halogens is 3. The molecule has 4 rings (SSSR count). The summed E-state index contributed by atoms with van der Waals surface area (Å²) in [5.41, 5.74) is 3.11. The van der Waals surface area contributed by atoms with Gasteiger partial charge in [-0.05, 0) is 41.3 Å². The van der Waals surface area contributed by atoms with Crippen LogP contribution in [0.1, 0.15) is 18.1 Å². The average molecular weight is 393 g/mol. The normalized spacial score (nSPS) is 11.7. The highest BCUT2D eigenvalue weighted by molar-refractivity contribution is 6.03. The fraction of sp³-hybridized carbons (Fsp3) is 0.125. The molecule has 0 unspecified atom stereocenters. The maximum absolute atomic E-state index is 13.6. The number of pyridine rings is 1. The summed E-state index contributed by atoms with van der Waals surface area (Å²) >= 11 is 0. The predicted molar refractivity (Wildman–Crippen MR) is 109 cm³/mol. The first kappa shape index (κ1) is 19.0. The quantitative estimate of drug-likeness (QED) is 0.413. The molecule has 0 saturated heterocycles. The maximum Gasteiger partial charge on any atom is 0.418 e. The Hall–Kier alpha value is -3.34. The van der Waals surface area contributed by atoms with E-state index in [1.165, 1.54) is 18.3 Å². The first-order chi connectivity index (χ1) is 13.9. The van der Waals surface area contributed by atoms with E-state index in [1.54, 1.807) is 24.3 Å².